The van der Waals surface area contributed by atoms with Gasteiger partial charge in [0.1, 0.15) is 0 Å². The van der Waals surface area contributed by atoms with E-state index in [4.69, 9.17) is 0 Å². The van der Waals surface area contributed by atoms with E-state index in [0.29, 0.717) is 0 Å². The maximum atomic E-state index is 4.21. The van der Waals surface area contributed by atoms with Crippen LogP contribution < -0.4 is 16.2 Å². The van der Waals surface area contributed by atoms with Gasteiger partial charge in [0.15, 0.2) is 0 Å². The fourth-order valence-electron chi connectivity index (χ4n) is 0.739. The first-order valence-corrected chi connectivity index (χ1v) is 3.76. The number of hydrazine groups is 1. The summed E-state index contributed by atoms with van der Waals surface area (Å²) in [6.07, 6.45) is 2.00. The summed E-state index contributed by atoms with van der Waals surface area (Å²) >= 11 is 0. The number of aliphatic imine (C=N–C) groups is 1. The molecule has 1 rings (SSSR count). The predicted molar refractivity (Wildman–Crippen MR) is 46.0 cm³/mol. The minimum Gasteiger partial charge on any atom is -0.330 e. The van der Waals surface area contributed by atoms with Crippen molar-refractivity contribution >= 4 is 5.96 Å². The predicted octanol–water partition coefficient (Wildman–Crippen LogP) is -0.0365. The fourth-order valence-corrected chi connectivity index (χ4v) is 0.739. The number of hydrogen-bond donors (Lipinski definition) is 3. The maximum Gasteiger partial charge on any atom is 0.210 e. The third-order valence-electron chi connectivity index (χ3n) is 1.46. The second kappa shape index (κ2) is 3.98. The minimum absolute atomic E-state index is 0.798. The molecule has 0 atom stereocenters. The third-order valence-corrected chi connectivity index (χ3v) is 1.46. The molecule has 0 saturated heterocycles. The topological polar surface area (TPSA) is 48.5 Å². The second-order valence-electron chi connectivity index (χ2n) is 2.38. The summed E-state index contributed by atoms with van der Waals surface area (Å²) in [5.41, 5.74) is 7.02. The summed E-state index contributed by atoms with van der Waals surface area (Å²) in [5.74, 6) is 0.798. The monoisotopic (exact) mass is 154 g/mol. The normalized spacial score (nSPS) is 18.7. The van der Waals surface area contributed by atoms with E-state index in [0.717, 1.165) is 24.7 Å². The van der Waals surface area contributed by atoms with Gasteiger partial charge in [-0.05, 0) is 13.8 Å². The van der Waals surface area contributed by atoms with Crippen molar-refractivity contribution in [1.29, 1.82) is 0 Å². The van der Waals surface area contributed by atoms with Gasteiger partial charge in [-0.2, -0.15) is 0 Å². The van der Waals surface area contributed by atoms with Gasteiger partial charge in [-0.25, -0.2) is 5.43 Å². The molecule has 4 heteroatoms. The zero-order valence-electron chi connectivity index (χ0n) is 6.94. The van der Waals surface area contributed by atoms with Crippen LogP contribution in [0.15, 0.2) is 16.8 Å². The van der Waals surface area contributed by atoms with Gasteiger partial charge >= 0.3 is 0 Å². The first kappa shape index (κ1) is 8.07. The average molecular weight is 154 g/mol. The van der Waals surface area contributed by atoms with Crippen LogP contribution in [0.3, 0.4) is 0 Å². The first-order chi connectivity index (χ1) is 5.33. The lowest BCUT2D eigenvalue weighted by Gasteiger charge is -2.16. The SMILES string of the molecule is C/C=C(/C)NC1=NCCNN1. The Morgan fingerprint density at radius 1 is 1.73 bits per heavy atom. The van der Waals surface area contributed by atoms with E-state index in [1.54, 1.807) is 0 Å². The van der Waals surface area contributed by atoms with E-state index in [9.17, 15) is 0 Å². The Morgan fingerprint density at radius 3 is 3.09 bits per heavy atom. The summed E-state index contributed by atoms with van der Waals surface area (Å²) in [4.78, 5) is 4.21. The zero-order valence-corrected chi connectivity index (χ0v) is 6.94. The average Bonchev–Trinajstić information content (AvgIpc) is 2.06. The number of nitrogens with zero attached hydrogens (tertiary/aromatic N) is 1. The molecule has 0 bridgehead atoms. The van der Waals surface area contributed by atoms with Crippen molar-refractivity contribution in [2.24, 2.45) is 4.99 Å². The van der Waals surface area contributed by atoms with Crippen LogP contribution in [0, 0.1) is 0 Å². The molecule has 11 heavy (non-hydrogen) atoms. The molecule has 0 spiro atoms. The van der Waals surface area contributed by atoms with Gasteiger partial charge in [0.05, 0.1) is 6.54 Å². The molecule has 0 fully saturated rings. The lowest BCUT2D eigenvalue weighted by molar-refractivity contribution is 0.611. The molecule has 0 unspecified atom stereocenters. The molecule has 1 aliphatic heterocycles. The Balaban J connectivity index is 2.41. The molecule has 4 nitrogen and oxygen atoms in total. The molecule has 0 saturated carbocycles. The van der Waals surface area contributed by atoms with E-state index in [2.05, 4.69) is 21.2 Å². The number of allylic oxidation sites excluding steroid dienone is 2. The molecular weight excluding hydrogens is 140 g/mol. The van der Waals surface area contributed by atoms with E-state index < -0.39 is 0 Å². The van der Waals surface area contributed by atoms with Crippen molar-refractivity contribution in [3.63, 3.8) is 0 Å². The van der Waals surface area contributed by atoms with Gasteiger partial charge in [-0.1, -0.05) is 6.08 Å². The highest BCUT2D eigenvalue weighted by Crippen LogP contribution is 1.85. The first-order valence-electron chi connectivity index (χ1n) is 3.76. The Labute approximate surface area is 66.7 Å². The highest BCUT2D eigenvalue weighted by molar-refractivity contribution is 5.81. The van der Waals surface area contributed by atoms with Crippen LogP contribution in [0.5, 0.6) is 0 Å². The summed E-state index contributed by atoms with van der Waals surface area (Å²) in [6.45, 7) is 5.70. The fraction of sp³-hybridized carbons (Fsp3) is 0.571. The van der Waals surface area contributed by atoms with E-state index >= 15 is 0 Å². The molecular formula is C7H14N4. The van der Waals surface area contributed by atoms with Gasteiger partial charge < -0.3 is 5.32 Å². The van der Waals surface area contributed by atoms with Gasteiger partial charge in [-0.3, -0.25) is 10.4 Å². The Hall–Kier alpha value is -1.03. The molecule has 3 N–H and O–H groups in total. The van der Waals surface area contributed by atoms with Crippen LogP contribution in [0.25, 0.3) is 0 Å². The van der Waals surface area contributed by atoms with Crippen molar-refractivity contribution < 1.29 is 0 Å². The summed E-state index contributed by atoms with van der Waals surface area (Å²) in [6, 6.07) is 0. The van der Waals surface area contributed by atoms with Crippen LogP contribution >= 0.6 is 0 Å². The number of hydrogen-bond acceptors (Lipinski definition) is 4. The summed E-state index contributed by atoms with van der Waals surface area (Å²) in [7, 11) is 0. The molecule has 1 heterocycles. The Morgan fingerprint density at radius 2 is 2.55 bits per heavy atom. The van der Waals surface area contributed by atoms with Crippen LogP contribution in [0.2, 0.25) is 0 Å². The number of guanidine groups is 1. The summed E-state index contributed by atoms with van der Waals surface area (Å²) < 4.78 is 0. The number of rotatable bonds is 1. The quantitative estimate of drug-likeness (QED) is 0.497. The summed E-state index contributed by atoms with van der Waals surface area (Å²) in [5, 5.41) is 3.11. The van der Waals surface area contributed by atoms with Gasteiger partial charge in [-0.15, -0.1) is 0 Å². The van der Waals surface area contributed by atoms with Crippen molar-refractivity contribution in [2.45, 2.75) is 13.8 Å². The number of nitrogens with one attached hydrogen (secondary N) is 3. The van der Waals surface area contributed by atoms with Crippen molar-refractivity contribution in [3.8, 4) is 0 Å². The Kier molecular flexibility index (Phi) is 2.92. The lowest BCUT2D eigenvalue weighted by Crippen LogP contribution is -2.49. The molecule has 62 valence electrons. The third kappa shape index (κ3) is 2.59. The molecule has 0 aromatic heterocycles. The smallest absolute Gasteiger partial charge is 0.210 e. The highest BCUT2D eigenvalue weighted by atomic mass is 15.4. The van der Waals surface area contributed by atoms with Gasteiger partial charge in [0, 0.05) is 12.2 Å². The molecule has 0 aromatic rings. The molecule has 0 radical (unpaired) electrons. The van der Waals surface area contributed by atoms with Crippen LogP contribution in [-0.4, -0.2) is 19.0 Å². The highest BCUT2D eigenvalue weighted by Gasteiger charge is 2.00. The molecule has 0 amide bonds. The molecule has 1 aliphatic rings. The Bertz CT molecular complexity index is 183. The minimum atomic E-state index is 0.798. The zero-order chi connectivity index (χ0) is 8.10. The largest absolute Gasteiger partial charge is 0.330 e. The van der Waals surface area contributed by atoms with Crippen LogP contribution in [0.4, 0.5) is 0 Å². The van der Waals surface area contributed by atoms with E-state index in [-0.39, 0.29) is 0 Å². The lowest BCUT2D eigenvalue weighted by atomic mass is 10.4. The molecule has 0 aliphatic carbocycles. The van der Waals surface area contributed by atoms with Crippen molar-refractivity contribution in [2.75, 3.05) is 13.1 Å². The maximum absolute atomic E-state index is 4.21. The van der Waals surface area contributed by atoms with E-state index in [1.807, 2.05) is 19.9 Å². The molecule has 0 aromatic carbocycles. The van der Waals surface area contributed by atoms with Gasteiger partial charge in [0.25, 0.3) is 0 Å². The standard InChI is InChI=1S/C7H14N4/c1-3-6(2)10-7-8-4-5-9-11-7/h3,9H,4-5H2,1-2H3,(H2,8,10,11)/b6-3-. The van der Waals surface area contributed by atoms with Crippen LogP contribution in [-0.2, 0) is 0 Å². The van der Waals surface area contributed by atoms with Crippen LogP contribution in [0.1, 0.15) is 13.8 Å². The second-order valence-corrected chi connectivity index (χ2v) is 2.38. The van der Waals surface area contributed by atoms with Crippen molar-refractivity contribution in [3.05, 3.63) is 11.8 Å². The van der Waals surface area contributed by atoms with Gasteiger partial charge in [0.2, 0.25) is 5.96 Å². The van der Waals surface area contributed by atoms with E-state index in [1.165, 1.54) is 0 Å². The van der Waals surface area contributed by atoms with Crippen molar-refractivity contribution in [1.82, 2.24) is 16.2 Å².